The first kappa shape index (κ1) is 19.5. The van der Waals surface area contributed by atoms with E-state index in [1.54, 1.807) is 23.1 Å². The molecule has 27 heavy (non-hydrogen) atoms. The van der Waals surface area contributed by atoms with Crippen LogP contribution >= 0.6 is 0 Å². The molecule has 1 aliphatic heterocycles. The molecule has 7 nitrogen and oxygen atoms in total. The van der Waals surface area contributed by atoms with Gasteiger partial charge in [0.2, 0.25) is 5.91 Å². The largest absolute Gasteiger partial charge is 0.339 e. The number of rotatable bonds is 7. The van der Waals surface area contributed by atoms with E-state index in [9.17, 15) is 18.0 Å². The first-order valence-electron chi connectivity index (χ1n) is 9.35. The maximum absolute atomic E-state index is 12.8. The van der Waals surface area contributed by atoms with Crippen LogP contribution in [0.2, 0.25) is 0 Å². The lowest BCUT2D eigenvalue weighted by Gasteiger charge is -2.28. The van der Waals surface area contributed by atoms with E-state index in [1.165, 1.54) is 10.9 Å². The van der Waals surface area contributed by atoms with E-state index in [1.807, 2.05) is 13.0 Å². The minimum atomic E-state index is -3.06. The van der Waals surface area contributed by atoms with Crippen LogP contribution in [0.3, 0.4) is 0 Å². The highest BCUT2D eigenvalue weighted by atomic mass is 32.2. The third-order valence-electron chi connectivity index (χ3n) is 5.02. The summed E-state index contributed by atoms with van der Waals surface area (Å²) in [5.74, 6) is 0.0762. The van der Waals surface area contributed by atoms with Crippen molar-refractivity contribution in [2.24, 2.45) is 0 Å². The van der Waals surface area contributed by atoms with Crippen LogP contribution in [0.5, 0.6) is 0 Å². The van der Waals surface area contributed by atoms with Crippen molar-refractivity contribution in [1.82, 2.24) is 14.5 Å². The van der Waals surface area contributed by atoms with Crippen molar-refractivity contribution in [1.29, 1.82) is 0 Å². The summed E-state index contributed by atoms with van der Waals surface area (Å²) in [6.07, 6.45) is 3.88. The second kappa shape index (κ2) is 8.21. The lowest BCUT2D eigenvalue weighted by molar-refractivity contribution is -0.133. The van der Waals surface area contributed by atoms with E-state index in [4.69, 9.17) is 0 Å². The zero-order valence-electron chi connectivity index (χ0n) is 15.5. The van der Waals surface area contributed by atoms with Crippen molar-refractivity contribution >= 4 is 26.6 Å². The zero-order chi connectivity index (χ0) is 19.4. The Labute approximate surface area is 158 Å². The smallest absolute Gasteiger partial charge is 0.261 e. The summed E-state index contributed by atoms with van der Waals surface area (Å²) in [4.78, 5) is 31.3. The number of hydrogen-bond donors (Lipinski definition) is 0. The molecule has 2 aromatic rings. The highest BCUT2D eigenvalue weighted by Gasteiger charge is 2.34. The topological polar surface area (TPSA) is 89.3 Å². The van der Waals surface area contributed by atoms with Gasteiger partial charge in [-0.3, -0.25) is 14.2 Å². The van der Waals surface area contributed by atoms with Crippen molar-refractivity contribution < 1.29 is 13.2 Å². The predicted molar refractivity (Wildman–Crippen MR) is 104 cm³/mol. The number of para-hydroxylation sites is 1. The average molecular weight is 391 g/mol. The summed E-state index contributed by atoms with van der Waals surface area (Å²) >= 11 is 0. The number of carbonyl (C=O) groups excluding carboxylic acids is 1. The Balaban J connectivity index is 1.72. The van der Waals surface area contributed by atoms with Crippen LogP contribution in [-0.2, 0) is 21.2 Å². The van der Waals surface area contributed by atoms with Crippen LogP contribution in [0, 0.1) is 0 Å². The lowest BCUT2D eigenvalue weighted by atomic mass is 10.1. The Hall–Kier alpha value is -2.22. The molecule has 1 aliphatic rings. The Morgan fingerprint density at radius 2 is 2.11 bits per heavy atom. The highest BCUT2D eigenvalue weighted by Crippen LogP contribution is 2.19. The second-order valence-electron chi connectivity index (χ2n) is 7.01. The van der Waals surface area contributed by atoms with Crippen molar-refractivity contribution in [2.45, 2.75) is 45.2 Å². The minimum Gasteiger partial charge on any atom is -0.339 e. The molecule has 0 bridgehead atoms. The summed E-state index contributed by atoms with van der Waals surface area (Å²) < 4.78 is 25.0. The fourth-order valence-electron chi connectivity index (χ4n) is 3.49. The van der Waals surface area contributed by atoms with Crippen LogP contribution in [0.1, 0.15) is 32.6 Å². The molecular formula is C19H25N3O4S. The summed E-state index contributed by atoms with van der Waals surface area (Å²) in [5.41, 5.74) is 0.461. The van der Waals surface area contributed by atoms with Crippen LogP contribution in [0.25, 0.3) is 10.9 Å². The van der Waals surface area contributed by atoms with Gasteiger partial charge < -0.3 is 4.90 Å². The van der Waals surface area contributed by atoms with Crippen LogP contribution < -0.4 is 5.56 Å². The fourth-order valence-corrected chi connectivity index (χ4v) is 5.22. The predicted octanol–water partition coefficient (Wildman–Crippen LogP) is 1.60. The standard InChI is InChI=1S/C19H25N3O4S/c1-2-3-10-22(15-9-12-27(25,26)13-15)18(23)8-11-21-14-20-17-7-5-4-6-16(17)19(21)24/h4-7,14-15H,2-3,8-13H2,1H3. The summed E-state index contributed by atoms with van der Waals surface area (Å²) in [7, 11) is -3.06. The first-order chi connectivity index (χ1) is 12.9. The molecule has 1 fully saturated rings. The molecule has 0 radical (unpaired) electrons. The summed E-state index contributed by atoms with van der Waals surface area (Å²) in [5, 5.41) is 0.525. The number of carbonyl (C=O) groups is 1. The van der Waals surface area contributed by atoms with Crippen LogP contribution in [-0.4, -0.2) is 52.9 Å². The summed E-state index contributed by atoms with van der Waals surface area (Å²) in [6, 6.07) is 6.86. The van der Waals surface area contributed by atoms with E-state index >= 15 is 0 Å². The van der Waals surface area contributed by atoms with E-state index in [0.29, 0.717) is 23.9 Å². The van der Waals surface area contributed by atoms with Gasteiger partial charge in [0.15, 0.2) is 9.84 Å². The maximum Gasteiger partial charge on any atom is 0.261 e. The monoisotopic (exact) mass is 391 g/mol. The normalized spacial score (nSPS) is 18.6. The van der Waals surface area contributed by atoms with Gasteiger partial charge in [-0.25, -0.2) is 13.4 Å². The Kier molecular flexibility index (Phi) is 5.94. The lowest BCUT2D eigenvalue weighted by Crippen LogP contribution is -2.42. The number of aromatic nitrogens is 2. The van der Waals surface area contributed by atoms with Crippen molar-refractivity contribution in [3.05, 3.63) is 40.9 Å². The zero-order valence-corrected chi connectivity index (χ0v) is 16.3. The fraction of sp³-hybridized carbons (Fsp3) is 0.526. The Morgan fingerprint density at radius 3 is 2.81 bits per heavy atom. The van der Waals surface area contributed by atoms with E-state index in [-0.39, 0.29) is 42.0 Å². The molecule has 0 spiro atoms. The van der Waals surface area contributed by atoms with Gasteiger partial charge in [0.25, 0.3) is 5.56 Å². The van der Waals surface area contributed by atoms with E-state index in [2.05, 4.69) is 4.98 Å². The van der Waals surface area contributed by atoms with Gasteiger partial charge in [0, 0.05) is 25.6 Å². The number of fused-ring (bicyclic) bond motifs is 1. The molecule has 2 heterocycles. The quantitative estimate of drug-likeness (QED) is 0.715. The van der Waals surface area contributed by atoms with Gasteiger partial charge in [-0.05, 0) is 25.0 Å². The van der Waals surface area contributed by atoms with Gasteiger partial charge in [0.05, 0.1) is 28.7 Å². The third-order valence-corrected chi connectivity index (χ3v) is 6.77. The van der Waals surface area contributed by atoms with Crippen molar-refractivity contribution in [2.75, 3.05) is 18.1 Å². The number of benzene rings is 1. The van der Waals surface area contributed by atoms with Gasteiger partial charge in [-0.1, -0.05) is 25.5 Å². The summed E-state index contributed by atoms with van der Waals surface area (Å²) in [6.45, 7) is 2.83. The average Bonchev–Trinajstić information content (AvgIpc) is 3.01. The number of unbranched alkanes of at least 4 members (excludes halogenated alkanes) is 1. The molecule has 3 rings (SSSR count). The SMILES string of the molecule is CCCCN(C(=O)CCn1cnc2ccccc2c1=O)C1CCS(=O)(=O)C1. The molecular weight excluding hydrogens is 366 g/mol. The van der Waals surface area contributed by atoms with Gasteiger partial charge in [-0.2, -0.15) is 0 Å². The van der Waals surface area contributed by atoms with Gasteiger partial charge >= 0.3 is 0 Å². The van der Waals surface area contributed by atoms with Gasteiger partial charge in [0.1, 0.15) is 0 Å². The molecule has 1 aromatic heterocycles. The first-order valence-corrected chi connectivity index (χ1v) is 11.2. The van der Waals surface area contributed by atoms with E-state index in [0.717, 1.165) is 12.8 Å². The maximum atomic E-state index is 12.8. The number of nitrogens with zero attached hydrogens (tertiary/aromatic N) is 3. The van der Waals surface area contributed by atoms with Crippen LogP contribution in [0.15, 0.2) is 35.4 Å². The molecule has 0 N–H and O–H groups in total. The van der Waals surface area contributed by atoms with Gasteiger partial charge in [-0.15, -0.1) is 0 Å². The molecule has 8 heteroatoms. The molecule has 1 amide bonds. The highest BCUT2D eigenvalue weighted by molar-refractivity contribution is 7.91. The Bertz CT molecular complexity index is 984. The van der Waals surface area contributed by atoms with Crippen LogP contribution in [0.4, 0.5) is 0 Å². The second-order valence-corrected chi connectivity index (χ2v) is 9.24. The molecule has 146 valence electrons. The number of sulfone groups is 1. The molecule has 0 aliphatic carbocycles. The number of amides is 1. The van der Waals surface area contributed by atoms with Crippen molar-refractivity contribution in [3.8, 4) is 0 Å². The minimum absolute atomic E-state index is 0.0416. The van der Waals surface area contributed by atoms with E-state index < -0.39 is 9.84 Å². The van der Waals surface area contributed by atoms with Crippen molar-refractivity contribution in [3.63, 3.8) is 0 Å². The number of aryl methyl sites for hydroxylation is 1. The molecule has 1 unspecified atom stereocenters. The number of hydrogen-bond acceptors (Lipinski definition) is 5. The third kappa shape index (κ3) is 4.55. The molecule has 1 saturated heterocycles. The molecule has 1 atom stereocenters. The molecule has 1 aromatic carbocycles. The molecule has 0 saturated carbocycles. The Morgan fingerprint density at radius 1 is 1.33 bits per heavy atom.